The first-order chi connectivity index (χ1) is 9.63. The molecule has 20 heavy (non-hydrogen) atoms. The van der Waals surface area contributed by atoms with Crippen molar-refractivity contribution in [3.8, 4) is 0 Å². The summed E-state index contributed by atoms with van der Waals surface area (Å²) in [4.78, 5) is 14.5. The molecule has 5 heteroatoms. The molecule has 2 aliphatic rings. The van der Waals surface area contributed by atoms with Crippen molar-refractivity contribution in [3.63, 3.8) is 0 Å². The summed E-state index contributed by atoms with van der Waals surface area (Å²) >= 11 is 0. The number of rotatable bonds is 3. The predicted octanol–water partition coefficient (Wildman–Crippen LogP) is 1.94. The Morgan fingerprint density at radius 1 is 1.40 bits per heavy atom. The fraction of sp³-hybridized carbons (Fsp3) is 0.533. The third kappa shape index (κ3) is 2.74. The highest BCUT2D eigenvalue weighted by atomic mass is 19.1. The van der Waals surface area contributed by atoms with Crippen LogP contribution in [0.1, 0.15) is 18.4 Å². The lowest BCUT2D eigenvalue weighted by atomic mass is 10.0. The Kier molecular flexibility index (Phi) is 3.81. The van der Waals surface area contributed by atoms with Gasteiger partial charge in [-0.05, 0) is 31.0 Å². The van der Waals surface area contributed by atoms with E-state index < -0.39 is 17.7 Å². The zero-order valence-electron chi connectivity index (χ0n) is 11.1. The minimum absolute atomic E-state index is 0.0463. The molecule has 0 amide bonds. The van der Waals surface area contributed by atoms with E-state index in [1.54, 1.807) is 0 Å². The average Bonchev–Trinajstić information content (AvgIpc) is 2.89. The molecule has 2 saturated heterocycles. The van der Waals surface area contributed by atoms with E-state index in [-0.39, 0.29) is 17.8 Å². The minimum Gasteiger partial charge on any atom is -0.367 e. The number of hydrogen-bond donors (Lipinski definition) is 0. The first kappa shape index (κ1) is 13.6. The van der Waals surface area contributed by atoms with E-state index in [0.717, 1.165) is 25.5 Å². The maximum Gasteiger partial charge on any atom is 0.167 e. The number of halogens is 2. The molecule has 0 radical (unpaired) electrons. The molecule has 1 aromatic carbocycles. The first-order valence-corrected chi connectivity index (χ1v) is 6.96. The molecular formula is C15H17F2NO2. The largest absolute Gasteiger partial charge is 0.367 e. The zero-order chi connectivity index (χ0) is 14.1. The summed E-state index contributed by atoms with van der Waals surface area (Å²) in [7, 11) is 0. The van der Waals surface area contributed by atoms with E-state index >= 15 is 0 Å². The number of benzene rings is 1. The van der Waals surface area contributed by atoms with Crippen LogP contribution in [0, 0.1) is 11.6 Å². The number of ketones is 1. The minimum atomic E-state index is -0.673. The fourth-order valence-electron chi connectivity index (χ4n) is 2.98. The van der Waals surface area contributed by atoms with Crippen LogP contribution in [0.15, 0.2) is 18.2 Å². The second-order valence-electron chi connectivity index (χ2n) is 5.49. The van der Waals surface area contributed by atoms with Gasteiger partial charge in [0.15, 0.2) is 5.78 Å². The van der Waals surface area contributed by atoms with Crippen molar-refractivity contribution in [1.82, 2.24) is 4.90 Å². The summed E-state index contributed by atoms with van der Waals surface area (Å²) in [5.41, 5.74) is 0.226. The molecule has 3 nitrogen and oxygen atoms in total. The summed E-state index contributed by atoms with van der Waals surface area (Å²) in [5, 5.41) is 0. The smallest absolute Gasteiger partial charge is 0.167 e. The van der Waals surface area contributed by atoms with Crippen molar-refractivity contribution in [2.75, 3.05) is 19.7 Å². The topological polar surface area (TPSA) is 29.5 Å². The van der Waals surface area contributed by atoms with Gasteiger partial charge in [-0.2, -0.15) is 0 Å². The summed E-state index contributed by atoms with van der Waals surface area (Å²) in [5.74, 6) is -1.44. The van der Waals surface area contributed by atoms with E-state index in [0.29, 0.717) is 19.2 Å². The Hall–Kier alpha value is -1.33. The van der Waals surface area contributed by atoms with Crippen molar-refractivity contribution in [2.45, 2.75) is 31.4 Å². The summed E-state index contributed by atoms with van der Waals surface area (Å²) in [6.07, 6.45) is 1.72. The van der Waals surface area contributed by atoms with Gasteiger partial charge in [-0.15, -0.1) is 0 Å². The van der Waals surface area contributed by atoms with Crippen molar-refractivity contribution in [2.24, 2.45) is 0 Å². The van der Waals surface area contributed by atoms with Crippen LogP contribution in [-0.2, 0) is 16.0 Å². The van der Waals surface area contributed by atoms with Crippen LogP contribution in [0.3, 0.4) is 0 Å². The van der Waals surface area contributed by atoms with Crippen LogP contribution < -0.4 is 0 Å². The number of morpholine rings is 1. The summed E-state index contributed by atoms with van der Waals surface area (Å²) < 4.78 is 32.0. The lowest BCUT2D eigenvalue weighted by Gasteiger charge is -2.34. The van der Waals surface area contributed by atoms with Crippen LogP contribution in [0.2, 0.25) is 0 Å². The molecule has 0 saturated carbocycles. The number of hydrogen-bond acceptors (Lipinski definition) is 3. The highest BCUT2D eigenvalue weighted by Gasteiger charge is 2.35. The lowest BCUT2D eigenvalue weighted by molar-refractivity contribution is -0.137. The Morgan fingerprint density at radius 3 is 3.05 bits per heavy atom. The molecule has 2 unspecified atom stereocenters. The highest BCUT2D eigenvalue weighted by Crippen LogP contribution is 2.23. The monoisotopic (exact) mass is 281 g/mol. The van der Waals surface area contributed by atoms with Gasteiger partial charge in [0.1, 0.15) is 17.7 Å². The SMILES string of the molecule is O=C(Cc1ccc(F)cc1F)C1CN2CCCC2CO1. The molecule has 0 aromatic heterocycles. The number of ether oxygens (including phenoxy) is 1. The van der Waals surface area contributed by atoms with Gasteiger partial charge in [0, 0.05) is 25.1 Å². The van der Waals surface area contributed by atoms with Gasteiger partial charge in [0.25, 0.3) is 0 Å². The molecule has 2 atom stereocenters. The maximum atomic E-state index is 13.5. The Labute approximate surface area is 116 Å². The molecule has 0 spiro atoms. The third-order valence-electron chi connectivity index (χ3n) is 4.13. The number of fused-ring (bicyclic) bond motifs is 1. The van der Waals surface area contributed by atoms with Crippen LogP contribution in [0.4, 0.5) is 8.78 Å². The van der Waals surface area contributed by atoms with E-state index in [1.807, 2.05) is 0 Å². The first-order valence-electron chi connectivity index (χ1n) is 6.96. The van der Waals surface area contributed by atoms with E-state index in [2.05, 4.69) is 4.90 Å². The Morgan fingerprint density at radius 2 is 2.25 bits per heavy atom. The van der Waals surface area contributed by atoms with Gasteiger partial charge < -0.3 is 4.74 Å². The fourth-order valence-corrected chi connectivity index (χ4v) is 2.98. The molecule has 3 rings (SSSR count). The van der Waals surface area contributed by atoms with Crippen molar-refractivity contribution < 1.29 is 18.3 Å². The van der Waals surface area contributed by atoms with E-state index in [1.165, 1.54) is 12.1 Å². The second-order valence-corrected chi connectivity index (χ2v) is 5.49. The molecule has 2 heterocycles. The van der Waals surface area contributed by atoms with Gasteiger partial charge in [-0.1, -0.05) is 6.07 Å². The van der Waals surface area contributed by atoms with Crippen LogP contribution >= 0.6 is 0 Å². The summed E-state index contributed by atoms with van der Waals surface area (Å²) in [6, 6.07) is 3.73. The molecule has 2 aliphatic heterocycles. The molecular weight excluding hydrogens is 264 g/mol. The van der Waals surface area contributed by atoms with Gasteiger partial charge in [0.2, 0.25) is 0 Å². The number of carbonyl (C=O) groups excluding carboxylic acids is 1. The molecule has 0 N–H and O–H groups in total. The third-order valence-corrected chi connectivity index (χ3v) is 4.13. The van der Waals surface area contributed by atoms with Crippen LogP contribution in [0.5, 0.6) is 0 Å². The molecule has 2 fully saturated rings. The lowest BCUT2D eigenvalue weighted by Crippen LogP contribution is -2.49. The molecule has 0 bridgehead atoms. The maximum absolute atomic E-state index is 13.5. The van der Waals surface area contributed by atoms with Crippen molar-refractivity contribution >= 4 is 5.78 Å². The van der Waals surface area contributed by atoms with E-state index in [4.69, 9.17) is 4.74 Å². The van der Waals surface area contributed by atoms with E-state index in [9.17, 15) is 13.6 Å². The number of carbonyl (C=O) groups is 1. The number of Topliss-reactive ketones (excluding diaryl/α,β-unsaturated/α-hetero) is 1. The second kappa shape index (κ2) is 5.58. The highest BCUT2D eigenvalue weighted by molar-refractivity contribution is 5.85. The zero-order valence-corrected chi connectivity index (χ0v) is 11.1. The van der Waals surface area contributed by atoms with Crippen molar-refractivity contribution in [3.05, 3.63) is 35.4 Å². The van der Waals surface area contributed by atoms with Gasteiger partial charge in [-0.3, -0.25) is 9.69 Å². The van der Waals surface area contributed by atoms with Gasteiger partial charge in [-0.25, -0.2) is 8.78 Å². The Balaban J connectivity index is 1.64. The standard InChI is InChI=1S/C15H17F2NO2/c16-11-4-3-10(13(17)7-11)6-14(19)15-8-18-5-1-2-12(18)9-20-15/h3-4,7,12,15H,1-2,5-6,8-9H2. The van der Waals surface area contributed by atoms with Gasteiger partial charge in [0.05, 0.1) is 6.61 Å². The summed E-state index contributed by atoms with van der Waals surface area (Å²) in [6.45, 7) is 2.16. The quantitative estimate of drug-likeness (QED) is 0.848. The predicted molar refractivity (Wildman–Crippen MR) is 69.4 cm³/mol. The Bertz CT molecular complexity index is 521. The van der Waals surface area contributed by atoms with Crippen molar-refractivity contribution in [1.29, 1.82) is 0 Å². The molecule has 1 aromatic rings. The number of nitrogens with zero attached hydrogens (tertiary/aromatic N) is 1. The van der Waals surface area contributed by atoms with Crippen LogP contribution in [-0.4, -0.2) is 42.5 Å². The molecule has 108 valence electrons. The van der Waals surface area contributed by atoms with Gasteiger partial charge >= 0.3 is 0 Å². The average molecular weight is 281 g/mol. The normalized spacial score (nSPS) is 26.5. The van der Waals surface area contributed by atoms with Crippen LogP contribution in [0.25, 0.3) is 0 Å². The molecule has 0 aliphatic carbocycles.